The average molecular weight is 807 g/mol. The van der Waals surface area contributed by atoms with Gasteiger partial charge in [-0.15, -0.1) is 22.7 Å². The van der Waals surface area contributed by atoms with Crippen LogP contribution in [0.2, 0.25) is 0 Å². The maximum atomic E-state index is 14.5. The Morgan fingerprint density at radius 1 is 1.00 bits per heavy atom. The van der Waals surface area contributed by atoms with Gasteiger partial charge in [0.25, 0.3) is 0 Å². The summed E-state index contributed by atoms with van der Waals surface area (Å²) in [6.45, 7) is 12.3. The molecule has 6 heterocycles. The van der Waals surface area contributed by atoms with Gasteiger partial charge in [-0.3, -0.25) is 4.79 Å². The number of fused-ring (bicyclic) bond motifs is 2. The third-order valence-corrected chi connectivity index (χ3v) is 14.0. The molecule has 56 heavy (non-hydrogen) atoms. The minimum Gasteiger partial charge on any atom is -0.462 e. The highest BCUT2D eigenvalue weighted by Gasteiger charge is 2.61. The molecule has 2 bridgehead atoms. The molecule has 10 nitrogen and oxygen atoms in total. The van der Waals surface area contributed by atoms with Crippen LogP contribution in [0.5, 0.6) is 0 Å². The van der Waals surface area contributed by atoms with E-state index in [9.17, 15) is 19.5 Å². The highest BCUT2D eigenvalue weighted by molar-refractivity contribution is 7.12. The van der Waals surface area contributed by atoms with Crippen LogP contribution in [0.25, 0.3) is 0 Å². The lowest BCUT2D eigenvalue weighted by Gasteiger charge is -2.51. The lowest BCUT2D eigenvalue weighted by molar-refractivity contribution is -0.340. The van der Waals surface area contributed by atoms with Crippen LogP contribution >= 0.6 is 22.7 Å². The molecule has 1 spiro atoms. The molecule has 3 saturated heterocycles. The number of esters is 3. The van der Waals surface area contributed by atoms with Crippen molar-refractivity contribution in [3.63, 3.8) is 0 Å². The van der Waals surface area contributed by atoms with E-state index in [1.54, 1.807) is 48.7 Å². The van der Waals surface area contributed by atoms with Crippen molar-refractivity contribution in [1.82, 2.24) is 0 Å². The molecule has 3 fully saturated rings. The molecule has 12 heteroatoms. The lowest BCUT2D eigenvalue weighted by atomic mass is 9.70. The second-order valence-electron chi connectivity index (χ2n) is 16.3. The third kappa shape index (κ3) is 8.15. The van der Waals surface area contributed by atoms with Gasteiger partial charge in [0.2, 0.25) is 0 Å². The number of rotatable bonds is 6. The Balaban J connectivity index is 1.27. The molecule has 12 atom stereocenters. The van der Waals surface area contributed by atoms with Gasteiger partial charge < -0.3 is 33.5 Å². The molecule has 2 aromatic heterocycles. The predicted octanol–water partition coefficient (Wildman–Crippen LogP) is 8.38. The minimum absolute atomic E-state index is 0.000950. The first-order valence-electron chi connectivity index (χ1n) is 19.9. The number of allylic oxidation sites excluding steroid dienone is 2. The molecule has 4 aliphatic heterocycles. The summed E-state index contributed by atoms with van der Waals surface area (Å²) in [4.78, 5) is 42.0. The van der Waals surface area contributed by atoms with Crippen molar-refractivity contribution in [3.8, 4) is 0 Å². The summed E-state index contributed by atoms with van der Waals surface area (Å²) in [5.74, 6) is -3.24. The number of ether oxygens (including phenoxy) is 6. The molecule has 1 aliphatic carbocycles. The average Bonchev–Trinajstić information content (AvgIpc) is 3.97. The molecule has 5 aliphatic rings. The number of hydrogen-bond acceptors (Lipinski definition) is 12. The molecule has 7 rings (SSSR count). The zero-order chi connectivity index (χ0) is 39.8. The zero-order valence-corrected chi connectivity index (χ0v) is 34.6. The van der Waals surface area contributed by atoms with Crippen molar-refractivity contribution >= 4 is 40.6 Å². The molecule has 0 unspecified atom stereocenters. The summed E-state index contributed by atoms with van der Waals surface area (Å²) in [5, 5.41) is 16.5. The van der Waals surface area contributed by atoms with Crippen molar-refractivity contribution < 1.29 is 47.9 Å². The summed E-state index contributed by atoms with van der Waals surface area (Å²) in [5.41, 5.74) is 0.0150. The van der Waals surface area contributed by atoms with Crippen molar-refractivity contribution in [3.05, 3.63) is 91.9 Å². The zero-order valence-electron chi connectivity index (χ0n) is 33.0. The molecule has 0 saturated carbocycles. The molecule has 2 aromatic rings. The number of carbonyl (C=O) groups excluding carboxylic acids is 3. The second kappa shape index (κ2) is 16.8. The fourth-order valence-corrected chi connectivity index (χ4v) is 10.2. The van der Waals surface area contributed by atoms with E-state index in [1.165, 1.54) is 22.7 Å². The van der Waals surface area contributed by atoms with Crippen LogP contribution in [0, 0.1) is 23.7 Å². The van der Waals surface area contributed by atoms with Crippen LogP contribution in [-0.4, -0.2) is 77.6 Å². The van der Waals surface area contributed by atoms with Gasteiger partial charge in [-0.25, -0.2) is 9.59 Å². The van der Waals surface area contributed by atoms with Gasteiger partial charge in [0.1, 0.15) is 39.6 Å². The van der Waals surface area contributed by atoms with Crippen molar-refractivity contribution in [1.29, 1.82) is 0 Å². The van der Waals surface area contributed by atoms with Crippen LogP contribution in [0.15, 0.2) is 82.1 Å². The molecule has 0 radical (unpaired) electrons. The summed E-state index contributed by atoms with van der Waals surface area (Å²) < 4.78 is 38.7. The fraction of sp³-hybridized carbons (Fsp3) is 0.568. The largest absolute Gasteiger partial charge is 0.462 e. The SMILES string of the molecule is CC[C@H](C)[C@H]1O[C@]2(CC[C@@H]1C)C[C@@H]1C[C@@H](C/C=C(\C)[C@@H](OC(=O)c3cccs3)[C@@H](C)/C=C/C=C3\CO[C@@H]4[C@H](OC(=O)c5cccs5)C(C)=C[C@@H](C(=O)O1)[C@]34O)O2. The van der Waals surface area contributed by atoms with E-state index in [0.717, 1.165) is 18.4 Å². The number of thiophene rings is 2. The Morgan fingerprint density at radius 3 is 2.36 bits per heavy atom. The molecular weight excluding hydrogens is 753 g/mol. The third-order valence-electron chi connectivity index (χ3n) is 12.3. The smallest absolute Gasteiger partial charge is 0.348 e. The maximum Gasteiger partial charge on any atom is 0.348 e. The van der Waals surface area contributed by atoms with E-state index in [1.807, 2.05) is 31.4 Å². The van der Waals surface area contributed by atoms with Gasteiger partial charge in [-0.05, 0) is 78.1 Å². The molecular formula is C44H54O10S2. The molecule has 0 aromatic carbocycles. The first kappa shape index (κ1) is 40.8. The van der Waals surface area contributed by atoms with E-state index in [0.29, 0.717) is 58.4 Å². The molecule has 0 amide bonds. The summed E-state index contributed by atoms with van der Waals surface area (Å²) in [6, 6.07) is 7.02. The molecule has 1 N–H and O–H groups in total. The fourth-order valence-electron chi connectivity index (χ4n) is 9.02. The van der Waals surface area contributed by atoms with E-state index < -0.39 is 59.6 Å². The van der Waals surface area contributed by atoms with Crippen LogP contribution in [0.1, 0.15) is 99.4 Å². The number of aliphatic hydroxyl groups is 1. The lowest BCUT2D eigenvalue weighted by Crippen LogP contribution is -2.59. The Hall–Kier alpha value is -3.39. The van der Waals surface area contributed by atoms with E-state index in [2.05, 4.69) is 26.8 Å². The highest BCUT2D eigenvalue weighted by atomic mass is 32.1. The number of carbonyl (C=O) groups is 3. The summed E-state index contributed by atoms with van der Waals surface area (Å²) >= 11 is 2.59. The minimum atomic E-state index is -1.89. The van der Waals surface area contributed by atoms with Crippen LogP contribution in [0.3, 0.4) is 0 Å². The standard InChI is InChI=1S/C44H54O10S2/c1-7-25(2)37-28(5)17-18-43(54-37)23-32-22-31(53-43)16-15-27(4)36(51-41(46)34-13-9-19-55-34)26(3)11-8-12-30-24-49-39-38(52-42(47)35-14-10-20-56-35)29(6)21-33(40(45)50-32)44(30,39)48/h8-15,19-21,25-26,28,31-33,36-39,48H,7,16-18,22-24H2,1-6H3/b11-8+,27-15+,30-12+/t25-,26-,28-,31+,32-,33-,36-,37+,38+,39+,43+,44+/m0/s1. The van der Waals surface area contributed by atoms with Gasteiger partial charge in [0, 0.05) is 25.2 Å². The predicted molar refractivity (Wildman–Crippen MR) is 213 cm³/mol. The first-order valence-corrected chi connectivity index (χ1v) is 21.7. The van der Waals surface area contributed by atoms with Crippen LogP contribution in [0.4, 0.5) is 0 Å². The number of hydrogen-bond donors (Lipinski definition) is 1. The first-order chi connectivity index (χ1) is 26.8. The van der Waals surface area contributed by atoms with Crippen LogP contribution in [-0.2, 0) is 33.2 Å². The van der Waals surface area contributed by atoms with Crippen molar-refractivity contribution in [2.75, 3.05) is 6.61 Å². The summed E-state index contributed by atoms with van der Waals surface area (Å²) in [7, 11) is 0. The summed E-state index contributed by atoms with van der Waals surface area (Å²) in [6.07, 6.45) is 9.43. The van der Waals surface area contributed by atoms with Gasteiger partial charge in [0.15, 0.2) is 11.9 Å². The Labute approximate surface area is 337 Å². The normalized spacial score (nSPS) is 39.2. The van der Waals surface area contributed by atoms with E-state index >= 15 is 0 Å². The quantitative estimate of drug-likeness (QED) is 0.173. The Morgan fingerprint density at radius 2 is 1.70 bits per heavy atom. The molecule has 302 valence electrons. The van der Waals surface area contributed by atoms with Gasteiger partial charge in [0.05, 0.1) is 18.8 Å². The van der Waals surface area contributed by atoms with E-state index in [4.69, 9.17) is 28.4 Å². The topological polar surface area (TPSA) is 127 Å². The second-order valence-corrected chi connectivity index (χ2v) is 18.2. The van der Waals surface area contributed by atoms with E-state index in [-0.39, 0.29) is 24.7 Å². The Bertz CT molecular complexity index is 1860. The Kier molecular flexibility index (Phi) is 12.3. The van der Waals surface area contributed by atoms with Gasteiger partial charge in [-0.1, -0.05) is 76.6 Å². The van der Waals surface area contributed by atoms with Crippen molar-refractivity contribution in [2.24, 2.45) is 23.7 Å². The maximum absolute atomic E-state index is 14.5. The van der Waals surface area contributed by atoms with Gasteiger partial charge >= 0.3 is 17.9 Å². The monoisotopic (exact) mass is 806 g/mol. The highest BCUT2D eigenvalue weighted by Crippen LogP contribution is 2.48. The van der Waals surface area contributed by atoms with Gasteiger partial charge in [-0.2, -0.15) is 0 Å². The van der Waals surface area contributed by atoms with Crippen molar-refractivity contribution in [2.45, 2.75) is 128 Å². The van der Waals surface area contributed by atoms with Crippen LogP contribution < -0.4 is 0 Å².